The molecule has 0 fully saturated rings. The number of rotatable bonds is 21. The summed E-state index contributed by atoms with van der Waals surface area (Å²) in [6, 6.07) is 5.26. The second-order valence-electron chi connectivity index (χ2n) is 12.4. The standard InChI is InChI=1S/C31H55N3O7/c1-20(2)23(15-22-9-10-27(40-13-7-11-35)28(16-22)41-14-8-12-36)17-25(32)26(37)18-24(21(3)4)29(38)34-19-31(5,6)30(33)39/h9-10,16,20-21,23-26,35-37H,7-8,11-15,17-19,32H2,1-6H3,(H2,33,39)(H,34,38)/t23-,24-,25-,26-/m0/s1. The highest BCUT2D eigenvalue weighted by molar-refractivity contribution is 5.83. The van der Waals surface area contributed by atoms with Gasteiger partial charge in [-0.15, -0.1) is 0 Å². The molecule has 1 aromatic carbocycles. The molecule has 41 heavy (non-hydrogen) atoms. The van der Waals surface area contributed by atoms with E-state index in [1.54, 1.807) is 13.8 Å². The van der Waals surface area contributed by atoms with E-state index in [1.165, 1.54) is 0 Å². The molecule has 0 saturated carbocycles. The molecule has 236 valence electrons. The van der Waals surface area contributed by atoms with Crippen LogP contribution in [0.4, 0.5) is 0 Å². The minimum absolute atomic E-state index is 0.0285. The van der Waals surface area contributed by atoms with Gasteiger partial charge in [0.05, 0.1) is 24.7 Å². The Hall–Kier alpha value is -2.40. The van der Waals surface area contributed by atoms with E-state index in [1.807, 2.05) is 32.0 Å². The smallest absolute Gasteiger partial charge is 0.224 e. The van der Waals surface area contributed by atoms with E-state index in [2.05, 4.69) is 19.2 Å². The van der Waals surface area contributed by atoms with Gasteiger partial charge >= 0.3 is 0 Å². The number of aliphatic hydroxyl groups excluding tert-OH is 3. The maximum Gasteiger partial charge on any atom is 0.224 e. The van der Waals surface area contributed by atoms with Crippen LogP contribution in [0.5, 0.6) is 11.5 Å². The molecule has 0 aliphatic carbocycles. The Labute approximate surface area is 246 Å². The highest BCUT2D eigenvalue weighted by Crippen LogP contribution is 2.32. The van der Waals surface area contributed by atoms with Crippen LogP contribution < -0.4 is 26.3 Å². The molecule has 10 heteroatoms. The Bertz CT molecular complexity index is 923. The fraction of sp³-hybridized carbons (Fsp3) is 0.742. The number of nitrogens with two attached hydrogens (primary N) is 2. The van der Waals surface area contributed by atoms with Gasteiger partial charge in [0.2, 0.25) is 11.8 Å². The summed E-state index contributed by atoms with van der Waals surface area (Å²) in [5, 5.41) is 32.1. The first kappa shape index (κ1) is 36.6. The minimum Gasteiger partial charge on any atom is -0.490 e. The van der Waals surface area contributed by atoms with Crippen molar-refractivity contribution in [3.63, 3.8) is 0 Å². The molecule has 0 bridgehead atoms. The van der Waals surface area contributed by atoms with E-state index < -0.39 is 29.4 Å². The summed E-state index contributed by atoms with van der Waals surface area (Å²) in [6.07, 6.45) is 1.63. The summed E-state index contributed by atoms with van der Waals surface area (Å²) in [7, 11) is 0. The Morgan fingerprint density at radius 3 is 2.05 bits per heavy atom. The first-order valence-electron chi connectivity index (χ1n) is 14.8. The van der Waals surface area contributed by atoms with Crippen LogP contribution in [0.3, 0.4) is 0 Å². The molecule has 0 radical (unpaired) electrons. The number of ether oxygens (including phenoxy) is 2. The van der Waals surface area contributed by atoms with Crippen LogP contribution >= 0.6 is 0 Å². The largest absolute Gasteiger partial charge is 0.490 e. The molecule has 0 saturated heterocycles. The third kappa shape index (κ3) is 13.0. The first-order chi connectivity index (χ1) is 19.2. The van der Waals surface area contributed by atoms with Crippen LogP contribution in [0.25, 0.3) is 0 Å². The van der Waals surface area contributed by atoms with Gasteiger partial charge in [-0.25, -0.2) is 0 Å². The normalized spacial score (nSPS) is 14.9. The Morgan fingerprint density at radius 2 is 1.54 bits per heavy atom. The van der Waals surface area contributed by atoms with Gasteiger partial charge in [0.15, 0.2) is 11.5 Å². The zero-order valence-electron chi connectivity index (χ0n) is 25.9. The van der Waals surface area contributed by atoms with Crippen molar-refractivity contribution >= 4 is 11.8 Å². The minimum atomic E-state index is -0.877. The number of primary amides is 1. The predicted octanol–water partition coefficient (Wildman–Crippen LogP) is 2.39. The van der Waals surface area contributed by atoms with Crippen molar-refractivity contribution < 1.29 is 34.4 Å². The lowest BCUT2D eigenvalue weighted by atomic mass is 9.80. The first-order valence-corrected chi connectivity index (χ1v) is 14.8. The summed E-state index contributed by atoms with van der Waals surface area (Å²) in [6.45, 7) is 12.4. The molecule has 10 nitrogen and oxygen atoms in total. The molecule has 1 aromatic rings. The third-order valence-corrected chi connectivity index (χ3v) is 7.65. The molecule has 0 unspecified atom stereocenters. The monoisotopic (exact) mass is 581 g/mol. The zero-order valence-corrected chi connectivity index (χ0v) is 25.9. The lowest BCUT2D eigenvalue weighted by Gasteiger charge is -2.30. The lowest BCUT2D eigenvalue weighted by Crippen LogP contribution is -2.46. The quantitative estimate of drug-likeness (QED) is 0.120. The zero-order chi connectivity index (χ0) is 31.2. The molecule has 0 heterocycles. The predicted molar refractivity (Wildman–Crippen MR) is 160 cm³/mol. The highest BCUT2D eigenvalue weighted by Gasteiger charge is 2.32. The van der Waals surface area contributed by atoms with Crippen molar-refractivity contribution in [1.29, 1.82) is 0 Å². The molecule has 2 amide bonds. The van der Waals surface area contributed by atoms with E-state index in [4.69, 9.17) is 31.2 Å². The number of hydrogen-bond donors (Lipinski definition) is 6. The number of carbonyl (C=O) groups excluding carboxylic acids is 2. The van der Waals surface area contributed by atoms with E-state index in [0.717, 1.165) is 5.56 Å². The lowest BCUT2D eigenvalue weighted by molar-refractivity contribution is -0.130. The number of benzene rings is 1. The topological polar surface area (TPSA) is 177 Å². The highest BCUT2D eigenvalue weighted by atomic mass is 16.5. The van der Waals surface area contributed by atoms with Crippen molar-refractivity contribution in [1.82, 2.24) is 5.32 Å². The molecule has 0 spiro atoms. The third-order valence-electron chi connectivity index (χ3n) is 7.65. The fourth-order valence-corrected chi connectivity index (χ4v) is 4.45. The van der Waals surface area contributed by atoms with Gasteiger partial charge in [-0.05, 0) is 68.6 Å². The summed E-state index contributed by atoms with van der Waals surface area (Å²) in [5.41, 5.74) is 12.1. The van der Waals surface area contributed by atoms with Crippen molar-refractivity contribution in [2.75, 3.05) is 33.0 Å². The summed E-state index contributed by atoms with van der Waals surface area (Å²) in [4.78, 5) is 24.6. The second-order valence-corrected chi connectivity index (χ2v) is 12.4. The van der Waals surface area contributed by atoms with Crippen molar-refractivity contribution in [3.05, 3.63) is 23.8 Å². The van der Waals surface area contributed by atoms with E-state index in [-0.39, 0.29) is 49.8 Å². The van der Waals surface area contributed by atoms with E-state index >= 15 is 0 Å². The summed E-state index contributed by atoms with van der Waals surface area (Å²) < 4.78 is 11.7. The van der Waals surface area contributed by atoms with Crippen LogP contribution in [0.15, 0.2) is 18.2 Å². The van der Waals surface area contributed by atoms with Crippen LogP contribution in [-0.4, -0.2) is 72.3 Å². The van der Waals surface area contributed by atoms with Crippen molar-refractivity contribution in [2.24, 2.45) is 40.6 Å². The molecule has 8 N–H and O–H groups in total. The molecular weight excluding hydrogens is 526 g/mol. The second kappa shape index (κ2) is 18.2. The maximum absolute atomic E-state index is 13.0. The van der Waals surface area contributed by atoms with Crippen LogP contribution in [0, 0.1) is 29.1 Å². The van der Waals surface area contributed by atoms with Gasteiger partial charge in [0.1, 0.15) is 0 Å². The van der Waals surface area contributed by atoms with Crippen molar-refractivity contribution in [3.8, 4) is 11.5 Å². The Kier molecular flexibility index (Phi) is 16.3. The Morgan fingerprint density at radius 1 is 0.951 bits per heavy atom. The van der Waals surface area contributed by atoms with Crippen LogP contribution in [0.1, 0.15) is 72.8 Å². The van der Waals surface area contributed by atoms with Gasteiger partial charge in [0.25, 0.3) is 0 Å². The number of carbonyl (C=O) groups is 2. The van der Waals surface area contributed by atoms with Gasteiger partial charge in [-0.1, -0.05) is 33.8 Å². The summed E-state index contributed by atoms with van der Waals surface area (Å²) in [5.74, 6) is 0.411. The molecular formula is C31H55N3O7. The number of amides is 2. The van der Waals surface area contributed by atoms with E-state index in [0.29, 0.717) is 50.4 Å². The molecule has 0 aliphatic heterocycles. The van der Waals surface area contributed by atoms with Crippen LogP contribution in [-0.2, 0) is 16.0 Å². The van der Waals surface area contributed by atoms with Crippen LogP contribution in [0.2, 0.25) is 0 Å². The Balaban J connectivity index is 2.93. The van der Waals surface area contributed by atoms with Gasteiger partial charge in [0, 0.05) is 44.6 Å². The van der Waals surface area contributed by atoms with Crippen molar-refractivity contribution in [2.45, 2.75) is 85.8 Å². The van der Waals surface area contributed by atoms with Gasteiger partial charge < -0.3 is 41.6 Å². The number of aliphatic hydroxyl groups is 3. The molecule has 1 rings (SSSR count). The molecule has 0 aromatic heterocycles. The maximum atomic E-state index is 13.0. The summed E-state index contributed by atoms with van der Waals surface area (Å²) >= 11 is 0. The number of nitrogens with one attached hydrogen (secondary N) is 1. The van der Waals surface area contributed by atoms with Gasteiger partial charge in [-0.2, -0.15) is 0 Å². The number of hydrogen-bond acceptors (Lipinski definition) is 8. The fourth-order valence-electron chi connectivity index (χ4n) is 4.45. The average molecular weight is 582 g/mol. The average Bonchev–Trinajstić information content (AvgIpc) is 2.90. The van der Waals surface area contributed by atoms with Gasteiger partial charge in [-0.3, -0.25) is 9.59 Å². The molecule has 0 aliphatic rings. The molecule has 4 atom stereocenters. The van der Waals surface area contributed by atoms with E-state index in [9.17, 15) is 14.7 Å². The SMILES string of the molecule is CC(C)[C@@H](Cc1ccc(OCCCO)c(OCCCO)c1)C[C@H](N)[C@@H](O)C[C@H](C(=O)NCC(C)(C)C(N)=O)C(C)C.